The first-order chi connectivity index (χ1) is 7.13. The highest BCUT2D eigenvalue weighted by Gasteiger charge is 2.11. The molecule has 0 amide bonds. The van der Waals surface area contributed by atoms with E-state index in [9.17, 15) is 4.79 Å². The largest absolute Gasteiger partial charge is 0.490 e. The zero-order valence-corrected chi connectivity index (χ0v) is 8.08. The van der Waals surface area contributed by atoms with E-state index in [0.717, 1.165) is 0 Å². The summed E-state index contributed by atoms with van der Waals surface area (Å²) in [6, 6.07) is 2.86. The molecule has 1 aromatic heterocycles. The minimum atomic E-state index is -1.56. The van der Waals surface area contributed by atoms with Crippen molar-refractivity contribution in [1.29, 1.82) is 0 Å². The highest BCUT2D eigenvalue weighted by atomic mass is 16.6. The molecule has 0 fully saturated rings. The lowest BCUT2D eigenvalue weighted by Crippen LogP contribution is -2.30. The predicted octanol–water partition coefficient (Wildman–Crippen LogP) is -1.69. The average molecular weight is 211 g/mol. The van der Waals surface area contributed by atoms with E-state index in [2.05, 4.69) is 9.72 Å². The van der Waals surface area contributed by atoms with Gasteiger partial charge in [0.05, 0.1) is 7.11 Å². The molecule has 15 heavy (non-hydrogen) atoms. The number of nitrogens with zero attached hydrogens (tertiary/aromatic N) is 1. The summed E-state index contributed by atoms with van der Waals surface area (Å²) < 4.78 is 9.31. The maximum Gasteiger partial charge on any atom is 0.490 e. The lowest BCUT2D eigenvalue weighted by Gasteiger charge is -2.04. The van der Waals surface area contributed by atoms with Crippen LogP contribution in [0.2, 0.25) is 0 Å². The van der Waals surface area contributed by atoms with Crippen molar-refractivity contribution in [2.75, 3.05) is 13.7 Å². The number of carbonyl (C=O) groups is 1. The van der Waals surface area contributed by atoms with Crippen molar-refractivity contribution in [1.82, 2.24) is 4.98 Å². The standard InChI is InChI=1S/C8H10BNO5/c1-14-8(11)5-15-7-3-2-6(4-10-7)9(12)13/h2-4,12-13H,5H2,1H3. The number of pyridine rings is 1. The lowest BCUT2D eigenvalue weighted by atomic mass is 9.82. The third-order valence-corrected chi connectivity index (χ3v) is 1.62. The summed E-state index contributed by atoms with van der Waals surface area (Å²) in [6.45, 7) is -0.232. The second-order valence-corrected chi connectivity index (χ2v) is 2.67. The molecule has 0 bridgehead atoms. The molecule has 0 atom stereocenters. The van der Waals surface area contributed by atoms with E-state index >= 15 is 0 Å². The molecule has 0 aromatic carbocycles. The third kappa shape index (κ3) is 3.57. The second-order valence-electron chi connectivity index (χ2n) is 2.67. The number of esters is 1. The number of carbonyl (C=O) groups excluding carboxylic acids is 1. The fourth-order valence-corrected chi connectivity index (χ4v) is 0.822. The Morgan fingerprint density at radius 2 is 2.27 bits per heavy atom. The molecule has 0 radical (unpaired) electrons. The quantitative estimate of drug-likeness (QED) is 0.456. The summed E-state index contributed by atoms with van der Waals surface area (Å²) in [7, 11) is -0.309. The van der Waals surface area contributed by atoms with Gasteiger partial charge in [0.1, 0.15) is 0 Å². The molecule has 1 aromatic rings. The Balaban J connectivity index is 2.53. The maximum atomic E-state index is 10.7. The Labute approximate surface area is 86.6 Å². The van der Waals surface area contributed by atoms with Crippen molar-refractivity contribution in [3.05, 3.63) is 18.3 Å². The molecule has 0 spiro atoms. The van der Waals surface area contributed by atoms with Gasteiger partial charge in [0.2, 0.25) is 5.88 Å². The number of hydrogen-bond donors (Lipinski definition) is 2. The minimum absolute atomic E-state index is 0.213. The van der Waals surface area contributed by atoms with Gasteiger partial charge < -0.3 is 19.5 Å². The van der Waals surface area contributed by atoms with Crippen molar-refractivity contribution in [3.8, 4) is 5.88 Å². The summed E-state index contributed by atoms with van der Waals surface area (Å²) >= 11 is 0. The molecule has 2 N–H and O–H groups in total. The van der Waals surface area contributed by atoms with Crippen LogP contribution in [0.1, 0.15) is 0 Å². The molecular formula is C8H10BNO5. The smallest absolute Gasteiger partial charge is 0.466 e. The van der Waals surface area contributed by atoms with E-state index in [1.807, 2.05) is 0 Å². The van der Waals surface area contributed by atoms with Crippen LogP contribution in [0, 0.1) is 0 Å². The highest BCUT2D eigenvalue weighted by Crippen LogP contribution is 2.02. The topological polar surface area (TPSA) is 88.9 Å². The molecule has 80 valence electrons. The molecule has 6 nitrogen and oxygen atoms in total. The summed E-state index contributed by atoms with van der Waals surface area (Å²) in [5, 5.41) is 17.5. The Kier molecular flexibility index (Phi) is 4.08. The van der Waals surface area contributed by atoms with Crippen molar-refractivity contribution in [3.63, 3.8) is 0 Å². The number of rotatable bonds is 4. The van der Waals surface area contributed by atoms with Crippen LogP contribution in [-0.2, 0) is 9.53 Å². The number of ether oxygens (including phenoxy) is 2. The first-order valence-electron chi connectivity index (χ1n) is 4.15. The van der Waals surface area contributed by atoms with Gasteiger partial charge in [-0.25, -0.2) is 9.78 Å². The highest BCUT2D eigenvalue weighted by molar-refractivity contribution is 6.58. The van der Waals surface area contributed by atoms with Crippen LogP contribution in [0.3, 0.4) is 0 Å². The second kappa shape index (κ2) is 5.33. The molecule has 0 aliphatic rings. The van der Waals surface area contributed by atoms with E-state index in [1.165, 1.54) is 25.4 Å². The summed E-state index contributed by atoms with van der Waals surface area (Å²) in [5.41, 5.74) is 0.250. The van der Waals surface area contributed by atoms with Gasteiger partial charge >= 0.3 is 13.1 Å². The van der Waals surface area contributed by atoms with Crippen LogP contribution in [0.15, 0.2) is 18.3 Å². The van der Waals surface area contributed by atoms with Crippen molar-refractivity contribution in [2.45, 2.75) is 0 Å². The summed E-state index contributed by atoms with van der Waals surface area (Å²) in [5.74, 6) is -0.298. The van der Waals surface area contributed by atoms with E-state index < -0.39 is 13.1 Å². The number of methoxy groups -OCH3 is 1. The zero-order valence-electron chi connectivity index (χ0n) is 8.08. The van der Waals surface area contributed by atoms with Crippen LogP contribution in [0.25, 0.3) is 0 Å². The first kappa shape index (κ1) is 11.5. The van der Waals surface area contributed by atoms with Crippen LogP contribution in [-0.4, -0.2) is 41.8 Å². The fraction of sp³-hybridized carbons (Fsp3) is 0.250. The number of aromatic nitrogens is 1. The van der Waals surface area contributed by atoms with Crippen molar-refractivity contribution >= 4 is 18.6 Å². The van der Waals surface area contributed by atoms with E-state index in [0.29, 0.717) is 0 Å². The molecule has 0 aliphatic heterocycles. The Hall–Kier alpha value is -1.60. The van der Waals surface area contributed by atoms with E-state index in [1.54, 1.807) is 0 Å². The molecule has 0 aliphatic carbocycles. The normalized spacial score (nSPS) is 9.53. The van der Waals surface area contributed by atoms with Crippen LogP contribution < -0.4 is 10.2 Å². The monoisotopic (exact) mass is 211 g/mol. The van der Waals surface area contributed by atoms with Gasteiger partial charge in [0.25, 0.3) is 0 Å². The van der Waals surface area contributed by atoms with Gasteiger partial charge in [-0.15, -0.1) is 0 Å². The molecular weight excluding hydrogens is 201 g/mol. The molecule has 0 saturated carbocycles. The summed E-state index contributed by atoms with van der Waals surface area (Å²) in [4.78, 5) is 14.5. The Morgan fingerprint density at radius 1 is 1.53 bits per heavy atom. The van der Waals surface area contributed by atoms with E-state index in [-0.39, 0.29) is 17.9 Å². The first-order valence-corrected chi connectivity index (χ1v) is 4.15. The summed E-state index contributed by atoms with van der Waals surface area (Å²) in [6.07, 6.45) is 1.25. The zero-order chi connectivity index (χ0) is 11.3. The van der Waals surface area contributed by atoms with Crippen LogP contribution in [0.5, 0.6) is 5.88 Å². The van der Waals surface area contributed by atoms with Gasteiger partial charge in [-0.3, -0.25) is 0 Å². The molecule has 1 heterocycles. The van der Waals surface area contributed by atoms with Crippen LogP contribution in [0.4, 0.5) is 0 Å². The third-order valence-electron chi connectivity index (χ3n) is 1.62. The number of hydrogen-bond acceptors (Lipinski definition) is 6. The van der Waals surface area contributed by atoms with Gasteiger partial charge in [0, 0.05) is 11.7 Å². The van der Waals surface area contributed by atoms with Crippen molar-refractivity contribution in [2.24, 2.45) is 0 Å². The maximum absolute atomic E-state index is 10.7. The molecule has 0 unspecified atom stereocenters. The van der Waals surface area contributed by atoms with Gasteiger partial charge in [0.15, 0.2) is 6.61 Å². The molecule has 1 rings (SSSR count). The van der Waals surface area contributed by atoms with Gasteiger partial charge in [-0.05, 0) is 6.07 Å². The van der Waals surface area contributed by atoms with Gasteiger partial charge in [-0.2, -0.15) is 0 Å². The van der Waals surface area contributed by atoms with Crippen LogP contribution >= 0.6 is 0 Å². The molecule has 0 saturated heterocycles. The average Bonchev–Trinajstić information content (AvgIpc) is 2.26. The fourth-order valence-electron chi connectivity index (χ4n) is 0.822. The molecule has 7 heteroatoms. The predicted molar refractivity (Wildman–Crippen MR) is 51.6 cm³/mol. The Bertz CT molecular complexity index is 326. The van der Waals surface area contributed by atoms with Gasteiger partial charge in [-0.1, -0.05) is 6.07 Å². The Morgan fingerprint density at radius 3 is 2.73 bits per heavy atom. The lowest BCUT2D eigenvalue weighted by molar-refractivity contribution is -0.143. The SMILES string of the molecule is COC(=O)COc1ccc(B(O)O)cn1. The minimum Gasteiger partial charge on any atom is -0.466 e. The van der Waals surface area contributed by atoms with Crippen molar-refractivity contribution < 1.29 is 24.3 Å². The van der Waals surface area contributed by atoms with E-state index in [4.69, 9.17) is 14.8 Å².